The molecular formula is C13H14Cl2N2. The molecular weight excluding hydrogens is 255 g/mol. The fraction of sp³-hybridized carbons (Fsp3) is 0.308. The van der Waals surface area contributed by atoms with Crippen LogP contribution < -0.4 is 0 Å². The lowest BCUT2D eigenvalue weighted by Gasteiger charge is -2.05. The van der Waals surface area contributed by atoms with Gasteiger partial charge in [0.05, 0.1) is 11.4 Å². The van der Waals surface area contributed by atoms with Crippen molar-refractivity contribution in [2.45, 2.75) is 25.6 Å². The Balaban J connectivity index is 2.36. The van der Waals surface area contributed by atoms with E-state index in [9.17, 15) is 0 Å². The quantitative estimate of drug-likeness (QED) is 0.756. The molecule has 0 aliphatic heterocycles. The van der Waals surface area contributed by atoms with Gasteiger partial charge in [0.15, 0.2) is 0 Å². The summed E-state index contributed by atoms with van der Waals surface area (Å²) in [5.41, 5.74) is 2.96. The maximum absolute atomic E-state index is 6.12. The summed E-state index contributed by atoms with van der Waals surface area (Å²) in [6.45, 7) is 4.24. The van der Waals surface area contributed by atoms with E-state index in [1.165, 1.54) is 0 Å². The van der Waals surface area contributed by atoms with Crippen LogP contribution >= 0.6 is 23.2 Å². The van der Waals surface area contributed by atoms with E-state index in [0.29, 0.717) is 16.8 Å². The van der Waals surface area contributed by atoms with Crippen molar-refractivity contribution in [3.8, 4) is 5.69 Å². The first kappa shape index (κ1) is 12.5. The van der Waals surface area contributed by atoms with Crippen LogP contribution in [0.25, 0.3) is 5.69 Å². The molecule has 0 saturated heterocycles. The average Bonchev–Trinajstić information content (AvgIpc) is 2.78. The van der Waals surface area contributed by atoms with Crippen molar-refractivity contribution in [3.63, 3.8) is 0 Å². The van der Waals surface area contributed by atoms with E-state index in [-0.39, 0.29) is 0 Å². The number of hydrogen-bond acceptors (Lipinski definition) is 1. The molecule has 90 valence electrons. The SMILES string of the molecule is CC(C)c1ccn(-c2ccc(CCl)c(Cl)c2)n1. The van der Waals surface area contributed by atoms with Gasteiger partial charge in [-0.1, -0.05) is 31.5 Å². The molecule has 2 rings (SSSR count). The second-order valence-electron chi connectivity index (χ2n) is 4.25. The van der Waals surface area contributed by atoms with Gasteiger partial charge in [0, 0.05) is 17.1 Å². The number of hydrogen-bond donors (Lipinski definition) is 0. The predicted octanol–water partition coefficient (Wildman–Crippen LogP) is 4.39. The first-order chi connectivity index (χ1) is 8.11. The lowest BCUT2D eigenvalue weighted by molar-refractivity contribution is 0.768. The zero-order valence-electron chi connectivity index (χ0n) is 9.82. The van der Waals surface area contributed by atoms with Crippen LogP contribution in [-0.2, 0) is 5.88 Å². The number of rotatable bonds is 3. The molecule has 17 heavy (non-hydrogen) atoms. The van der Waals surface area contributed by atoms with Crippen LogP contribution in [0.15, 0.2) is 30.5 Å². The van der Waals surface area contributed by atoms with Crippen molar-refractivity contribution in [1.29, 1.82) is 0 Å². The predicted molar refractivity (Wildman–Crippen MR) is 72.2 cm³/mol. The number of alkyl halides is 1. The van der Waals surface area contributed by atoms with Gasteiger partial charge in [0.2, 0.25) is 0 Å². The third-order valence-electron chi connectivity index (χ3n) is 2.65. The molecule has 1 aromatic carbocycles. The summed E-state index contributed by atoms with van der Waals surface area (Å²) in [5.74, 6) is 0.851. The first-order valence-electron chi connectivity index (χ1n) is 5.52. The Labute approximate surface area is 111 Å². The van der Waals surface area contributed by atoms with E-state index in [1.54, 1.807) is 0 Å². The fourth-order valence-electron chi connectivity index (χ4n) is 1.58. The van der Waals surface area contributed by atoms with Crippen molar-refractivity contribution in [3.05, 3.63) is 46.7 Å². The van der Waals surface area contributed by atoms with Crippen molar-refractivity contribution in [2.75, 3.05) is 0 Å². The zero-order valence-corrected chi connectivity index (χ0v) is 11.3. The van der Waals surface area contributed by atoms with Gasteiger partial charge in [-0.3, -0.25) is 0 Å². The summed E-state index contributed by atoms with van der Waals surface area (Å²) >= 11 is 11.9. The van der Waals surface area contributed by atoms with Crippen LogP contribution in [0.5, 0.6) is 0 Å². The monoisotopic (exact) mass is 268 g/mol. The molecule has 0 radical (unpaired) electrons. The minimum Gasteiger partial charge on any atom is -0.241 e. The molecule has 0 fully saturated rings. The highest BCUT2D eigenvalue weighted by molar-refractivity contribution is 6.32. The summed E-state index contributed by atoms with van der Waals surface area (Å²) in [6, 6.07) is 7.81. The van der Waals surface area contributed by atoms with E-state index in [4.69, 9.17) is 23.2 Å². The number of aromatic nitrogens is 2. The van der Waals surface area contributed by atoms with Crippen LogP contribution in [0.2, 0.25) is 5.02 Å². The largest absolute Gasteiger partial charge is 0.241 e. The van der Waals surface area contributed by atoms with Gasteiger partial charge in [-0.15, -0.1) is 11.6 Å². The van der Waals surface area contributed by atoms with Gasteiger partial charge in [-0.25, -0.2) is 4.68 Å². The van der Waals surface area contributed by atoms with E-state index >= 15 is 0 Å². The van der Waals surface area contributed by atoms with E-state index in [0.717, 1.165) is 16.9 Å². The molecule has 0 aliphatic carbocycles. The standard InChI is InChI=1S/C13H14Cl2N2/c1-9(2)13-5-6-17(16-13)11-4-3-10(8-14)12(15)7-11/h3-7,9H,8H2,1-2H3. The summed E-state index contributed by atoms with van der Waals surface area (Å²) in [6.07, 6.45) is 1.95. The highest BCUT2D eigenvalue weighted by Gasteiger charge is 2.06. The molecule has 0 spiro atoms. The van der Waals surface area contributed by atoms with Crippen LogP contribution in [0, 0.1) is 0 Å². The third kappa shape index (κ3) is 2.64. The van der Waals surface area contributed by atoms with Gasteiger partial charge in [0.1, 0.15) is 0 Å². The molecule has 0 unspecified atom stereocenters. The normalized spacial score (nSPS) is 11.1. The first-order valence-corrected chi connectivity index (χ1v) is 6.43. The number of halogens is 2. The summed E-state index contributed by atoms with van der Waals surface area (Å²) < 4.78 is 1.83. The minimum atomic E-state index is 0.425. The molecule has 0 atom stereocenters. The van der Waals surface area contributed by atoms with Crippen LogP contribution in [0.1, 0.15) is 31.0 Å². The van der Waals surface area contributed by atoms with E-state index in [2.05, 4.69) is 18.9 Å². The smallest absolute Gasteiger partial charge is 0.0660 e. The number of benzene rings is 1. The molecule has 1 aromatic heterocycles. The molecule has 0 N–H and O–H groups in total. The molecule has 2 nitrogen and oxygen atoms in total. The topological polar surface area (TPSA) is 17.8 Å². The van der Waals surface area contributed by atoms with Crippen molar-refractivity contribution < 1.29 is 0 Å². The Morgan fingerprint density at radius 2 is 2.06 bits per heavy atom. The van der Waals surface area contributed by atoms with Crippen LogP contribution in [0.3, 0.4) is 0 Å². The third-order valence-corrected chi connectivity index (χ3v) is 3.29. The highest BCUT2D eigenvalue weighted by Crippen LogP contribution is 2.22. The van der Waals surface area contributed by atoms with Crippen molar-refractivity contribution >= 4 is 23.2 Å². The Bertz CT molecular complexity index is 518. The summed E-state index contributed by atoms with van der Waals surface area (Å²) in [4.78, 5) is 0. The minimum absolute atomic E-state index is 0.425. The Morgan fingerprint density at radius 1 is 1.29 bits per heavy atom. The molecule has 0 saturated carbocycles. The molecule has 0 amide bonds. The maximum Gasteiger partial charge on any atom is 0.0660 e. The summed E-state index contributed by atoms with van der Waals surface area (Å²) in [7, 11) is 0. The Morgan fingerprint density at radius 3 is 2.59 bits per heavy atom. The average molecular weight is 269 g/mol. The maximum atomic E-state index is 6.12. The number of nitrogens with zero attached hydrogens (tertiary/aromatic N) is 2. The van der Waals surface area contributed by atoms with E-state index in [1.807, 2.05) is 35.1 Å². The molecule has 2 aromatic rings. The molecule has 4 heteroatoms. The van der Waals surface area contributed by atoms with Gasteiger partial charge in [-0.2, -0.15) is 5.10 Å². The van der Waals surface area contributed by atoms with Gasteiger partial charge >= 0.3 is 0 Å². The molecule has 1 heterocycles. The second-order valence-corrected chi connectivity index (χ2v) is 4.92. The molecule has 0 aliphatic rings. The van der Waals surface area contributed by atoms with Crippen molar-refractivity contribution in [1.82, 2.24) is 9.78 Å². The lowest BCUT2D eigenvalue weighted by atomic mass is 10.1. The highest BCUT2D eigenvalue weighted by atomic mass is 35.5. The lowest BCUT2D eigenvalue weighted by Crippen LogP contribution is -1.97. The molecule has 0 bridgehead atoms. The Hall–Kier alpha value is -0.990. The summed E-state index contributed by atoms with van der Waals surface area (Å²) in [5, 5.41) is 5.18. The van der Waals surface area contributed by atoms with E-state index < -0.39 is 0 Å². The van der Waals surface area contributed by atoms with Crippen LogP contribution in [0.4, 0.5) is 0 Å². The van der Waals surface area contributed by atoms with Gasteiger partial charge < -0.3 is 0 Å². The Kier molecular flexibility index (Phi) is 3.75. The fourth-order valence-corrected chi connectivity index (χ4v) is 2.12. The van der Waals surface area contributed by atoms with Gasteiger partial charge in [-0.05, 0) is 29.7 Å². The van der Waals surface area contributed by atoms with Gasteiger partial charge in [0.25, 0.3) is 0 Å². The van der Waals surface area contributed by atoms with Crippen molar-refractivity contribution in [2.24, 2.45) is 0 Å². The second kappa shape index (κ2) is 5.11. The zero-order chi connectivity index (χ0) is 12.4. The van der Waals surface area contributed by atoms with Crippen LogP contribution in [-0.4, -0.2) is 9.78 Å².